The van der Waals surface area contributed by atoms with Crippen molar-refractivity contribution in [2.24, 2.45) is 5.84 Å². The molecule has 0 aliphatic heterocycles. The summed E-state index contributed by atoms with van der Waals surface area (Å²) >= 11 is 1.72. The van der Waals surface area contributed by atoms with E-state index in [1.54, 1.807) is 23.9 Å². The van der Waals surface area contributed by atoms with Crippen molar-refractivity contribution in [3.8, 4) is 0 Å². The van der Waals surface area contributed by atoms with Gasteiger partial charge in [-0.05, 0) is 24.8 Å². The minimum absolute atomic E-state index is 0.0931. The van der Waals surface area contributed by atoms with Crippen LogP contribution in [0, 0.1) is 0 Å². The number of nitrogens with two attached hydrogens (primary N) is 1. The molecule has 100 valence electrons. The van der Waals surface area contributed by atoms with Crippen molar-refractivity contribution in [2.75, 3.05) is 18.2 Å². The Morgan fingerprint density at radius 1 is 1.56 bits per heavy atom. The number of carbonyl (C=O) groups excluding carboxylic acids is 1. The maximum Gasteiger partial charge on any atom is 0.251 e. The number of rotatable bonds is 6. The molecular formula is C12H20N4OS. The van der Waals surface area contributed by atoms with Crippen molar-refractivity contribution >= 4 is 23.5 Å². The monoisotopic (exact) mass is 268 g/mol. The highest BCUT2D eigenvalue weighted by atomic mass is 32.2. The van der Waals surface area contributed by atoms with E-state index in [0.717, 1.165) is 12.1 Å². The lowest BCUT2D eigenvalue weighted by molar-refractivity contribution is 0.0954. The van der Waals surface area contributed by atoms with Gasteiger partial charge < -0.3 is 10.7 Å². The summed E-state index contributed by atoms with van der Waals surface area (Å²) in [4.78, 5) is 16.2. The van der Waals surface area contributed by atoms with Gasteiger partial charge in [0.15, 0.2) is 0 Å². The van der Waals surface area contributed by atoms with Crippen molar-refractivity contribution in [3.05, 3.63) is 23.4 Å². The van der Waals surface area contributed by atoms with Crippen LogP contribution in [0.4, 0.5) is 5.82 Å². The first-order chi connectivity index (χ1) is 8.60. The Hall–Kier alpha value is -1.27. The molecule has 0 aliphatic rings. The Morgan fingerprint density at radius 2 is 2.28 bits per heavy atom. The van der Waals surface area contributed by atoms with Crippen LogP contribution in [0.15, 0.2) is 12.1 Å². The van der Waals surface area contributed by atoms with Crippen molar-refractivity contribution in [1.82, 2.24) is 10.3 Å². The van der Waals surface area contributed by atoms with Crippen LogP contribution in [0.1, 0.15) is 29.9 Å². The maximum absolute atomic E-state index is 12.0. The number of hydrogen-bond donors (Lipinski definition) is 3. The van der Waals surface area contributed by atoms with E-state index >= 15 is 0 Å². The van der Waals surface area contributed by atoms with E-state index in [1.807, 2.05) is 13.2 Å². The van der Waals surface area contributed by atoms with Crippen LogP contribution >= 0.6 is 11.8 Å². The van der Waals surface area contributed by atoms with E-state index in [4.69, 9.17) is 5.84 Å². The van der Waals surface area contributed by atoms with Crippen LogP contribution in [-0.4, -0.2) is 28.9 Å². The first-order valence-corrected chi connectivity index (χ1v) is 7.18. The Bertz CT molecular complexity index is 389. The molecule has 0 aliphatic carbocycles. The summed E-state index contributed by atoms with van der Waals surface area (Å²) in [5.74, 6) is 5.76. The van der Waals surface area contributed by atoms with E-state index in [0.29, 0.717) is 23.2 Å². The molecular weight excluding hydrogens is 248 g/mol. The number of amides is 1. The smallest absolute Gasteiger partial charge is 0.251 e. The number of hydrazine groups is 1. The second-order valence-corrected chi connectivity index (χ2v) is 5.26. The number of aryl methyl sites for hydroxylation is 1. The third kappa shape index (κ3) is 4.19. The minimum Gasteiger partial charge on any atom is -0.351 e. The highest BCUT2D eigenvalue weighted by Gasteiger charge is 2.10. The molecule has 4 N–H and O–H groups in total. The van der Waals surface area contributed by atoms with Gasteiger partial charge in [0.2, 0.25) is 0 Å². The zero-order chi connectivity index (χ0) is 13.5. The van der Waals surface area contributed by atoms with Crippen LogP contribution in [0.2, 0.25) is 0 Å². The molecule has 18 heavy (non-hydrogen) atoms. The Morgan fingerprint density at radius 3 is 2.83 bits per heavy atom. The zero-order valence-corrected chi connectivity index (χ0v) is 11.8. The fourth-order valence-corrected chi connectivity index (χ4v) is 1.65. The predicted molar refractivity (Wildman–Crippen MR) is 76.7 cm³/mol. The highest BCUT2D eigenvalue weighted by Crippen LogP contribution is 2.11. The minimum atomic E-state index is -0.0931. The molecule has 0 spiro atoms. The van der Waals surface area contributed by atoms with Gasteiger partial charge in [-0.3, -0.25) is 4.79 Å². The van der Waals surface area contributed by atoms with Crippen LogP contribution in [0.3, 0.4) is 0 Å². The number of nitrogens with one attached hydrogen (secondary N) is 2. The van der Waals surface area contributed by atoms with Crippen LogP contribution in [0.5, 0.6) is 0 Å². The van der Waals surface area contributed by atoms with Crippen molar-refractivity contribution < 1.29 is 4.79 Å². The van der Waals surface area contributed by atoms with Crippen LogP contribution in [0.25, 0.3) is 0 Å². The van der Waals surface area contributed by atoms with Crippen LogP contribution in [-0.2, 0) is 6.42 Å². The van der Waals surface area contributed by atoms with E-state index in [2.05, 4.69) is 22.7 Å². The number of aromatic nitrogens is 1. The average Bonchev–Trinajstić information content (AvgIpc) is 2.43. The molecule has 1 aromatic heterocycles. The molecule has 1 rings (SSSR count). The summed E-state index contributed by atoms with van der Waals surface area (Å²) in [6, 6.07) is 3.44. The van der Waals surface area contributed by atoms with E-state index in [9.17, 15) is 4.79 Å². The van der Waals surface area contributed by atoms with Crippen molar-refractivity contribution in [3.63, 3.8) is 0 Å². The maximum atomic E-state index is 12.0. The summed E-state index contributed by atoms with van der Waals surface area (Å²) in [6.07, 6.45) is 2.78. The molecule has 0 saturated heterocycles. The highest BCUT2D eigenvalue weighted by molar-refractivity contribution is 7.99. The second-order valence-electron chi connectivity index (χ2n) is 3.99. The standard InChI is InChI=1S/C12H20N4OS/c1-4-10-5-9(6-11(15-10)16-13)12(17)14-7-8(2)18-3/h5-6,8H,4,7,13H2,1-3H3,(H,14,17)(H,15,16). The molecule has 1 heterocycles. The Labute approximate surface area is 112 Å². The number of anilines is 1. The Kier molecular flexibility index (Phi) is 5.94. The average molecular weight is 268 g/mol. The molecule has 0 aromatic carbocycles. The molecule has 1 atom stereocenters. The number of thioether (sulfide) groups is 1. The SMILES string of the molecule is CCc1cc(C(=O)NCC(C)SC)cc(NN)n1. The molecule has 6 heteroatoms. The van der Waals surface area contributed by atoms with Gasteiger partial charge in [-0.2, -0.15) is 11.8 Å². The molecule has 0 bridgehead atoms. The lowest BCUT2D eigenvalue weighted by atomic mass is 10.2. The van der Waals surface area contributed by atoms with Gasteiger partial charge in [-0.1, -0.05) is 13.8 Å². The quantitative estimate of drug-likeness (QED) is 0.537. The van der Waals surface area contributed by atoms with Gasteiger partial charge in [-0.25, -0.2) is 10.8 Å². The zero-order valence-electron chi connectivity index (χ0n) is 11.0. The van der Waals surface area contributed by atoms with Gasteiger partial charge in [0, 0.05) is 23.1 Å². The number of pyridine rings is 1. The second kappa shape index (κ2) is 7.23. The lowest BCUT2D eigenvalue weighted by Crippen LogP contribution is -2.29. The van der Waals surface area contributed by atoms with Crippen molar-refractivity contribution in [2.45, 2.75) is 25.5 Å². The Balaban J connectivity index is 2.78. The molecule has 1 aromatic rings. The molecule has 0 saturated carbocycles. The third-order valence-electron chi connectivity index (χ3n) is 2.60. The third-order valence-corrected chi connectivity index (χ3v) is 3.57. The summed E-state index contributed by atoms with van der Waals surface area (Å²) in [5, 5.41) is 3.29. The van der Waals surface area contributed by atoms with Gasteiger partial charge in [0.05, 0.1) is 0 Å². The summed E-state index contributed by atoms with van der Waals surface area (Å²) in [7, 11) is 0. The molecule has 5 nitrogen and oxygen atoms in total. The van der Waals surface area contributed by atoms with Crippen LogP contribution < -0.4 is 16.6 Å². The normalized spacial score (nSPS) is 12.0. The summed E-state index contributed by atoms with van der Waals surface area (Å²) in [5.41, 5.74) is 3.91. The summed E-state index contributed by atoms with van der Waals surface area (Å²) in [6.45, 7) is 4.71. The number of nitrogens with zero attached hydrogens (tertiary/aromatic N) is 1. The number of hydrogen-bond acceptors (Lipinski definition) is 5. The first-order valence-electron chi connectivity index (χ1n) is 5.89. The molecule has 1 unspecified atom stereocenters. The van der Waals surface area contributed by atoms with E-state index in [-0.39, 0.29) is 5.91 Å². The molecule has 0 fully saturated rings. The fourth-order valence-electron chi connectivity index (χ4n) is 1.40. The number of nitrogen functional groups attached to an aromatic ring is 1. The molecule has 1 amide bonds. The van der Waals surface area contributed by atoms with Crippen molar-refractivity contribution in [1.29, 1.82) is 0 Å². The lowest BCUT2D eigenvalue weighted by Gasteiger charge is -2.11. The topological polar surface area (TPSA) is 80.0 Å². The van der Waals surface area contributed by atoms with Gasteiger partial charge in [-0.15, -0.1) is 0 Å². The fraction of sp³-hybridized carbons (Fsp3) is 0.500. The number of carbonyl (C=O) groups is 1. The summed E-state index contributed by atoms with van der Waals surface area (Å²) < 4.78 is 0. The van der Waals surface area contributed by atoms with E-state index < -0.39 is 0 Å². The van der Waals surface area contributed by atoms with Gasteiger partial charge in [0.1, 0.15) is 5.82 Å². The van der Waals surface area contributed by atoms with E-state index in [1.165, 1.54) is 0 Å². The van der Waals surface area contributed by atoms with Gasteiger partial charge in [0.25, 0.3) is 5.91 Å². The first kappa shape index (κ1) is 14.8. The predicted octanol–water partition coefficient (Wildman–Crippen LogP) is 1.41. The largest absolute Gasteiger partial charge is 0.351 e. The molecule has 0 radical (unpaired) electrons. The van der Waals surface area contributed by atoms with Gasteiger partial charge >= 0.3 is 0 Å².